The van der Waals surface area contributed by atoms with Gasteiger partial charge in [0, 0.05) is 16.7 Å². The molecular weight excluding hydrogens is 528 g/mol. The van der Waals surface area contributed by atoms with Crippen molar-refractivity contribution < 1.29 is 33.0 Å². The first-order valence-electron chi connectivity index (χ1n) is 11.1. The Morgan fingerprint density at radius 1 is 1.16 bits per heavy atom. The quantitative estimate of drug-likeness (QED) is 0.352. The third-order valence-electron chi connectivity index (χ3n) is 5.74. The number of ketones is 1. The Kier molecular flexibility index (Phi) is 9.65. The van der Waals surface area contributed by atoms with E-state index in [1.807, 2.05) is 0 Å². The van der Waals surface area contributed by atoms with Crippen molar-refractivity contribution >= 4 is 47.6 Å². The summed E-state index contributed by atoms with van der Waals surface area (Å²) in [7, 11) is 0. The fourth-order valence-corrected chi connectivity index (χ4v) is 4.00. The van der Waals surface area contributed by atoms with Crippen molar-refractivity contribution in [2.45, 2.75) is 51.5 Å². The number of ether oxygens (including phenoxy) is 2. The van der Waals surface area contributed by atoms with Gasteiger partial charge in [-0.2, -0.15) is 0 Å². The summed E-state index contributed by atoms with van der Waals surface area (Å²) >= 11 is 5.84. The Morgan fingerprint density at radius 2 is 1.81 bits per heavy atom. The van der Waals surface area contributed by atoms with Crippen molar-refractivity contribution in [3.05, 3.63) is 63.9 Å². The zero-order chi connectivity index (χ0) is 26.8. The van der Waals surface area contributed by atoms with Crippen molar-refractivity contribution in [2.75, 3.05) is 6.54 Å². The average Bonchev–Trinajstić information content (AvgIpc) is 2.81. The van der Waals surface area contributed by atoms with Gasteiger partial charge >= 0.3 is 5.97 Å². The predicted octanol–water partition coefficient (Wildman–Crippen LogP) is 3.12. The van der Waals surface area contributed by atoms with Gasteiger partial charge in [-0.25, -0.2) is 9.18 Å². The van der Waals surface area contributed by atoms with Crippen LogP contribution in [0, 0.1) is 5.82 Å². The fraction of sp³-hybridized carbons (Fsp3) is 0.360. The second-order valence-electron chi connectivity index (χ2n) is 8.95. The molecule has 2 amide bonds. The number of carbonyl (C=O) groups is 4. The molecule has 4 N–H and O–H groups in total. The van der Waals surface area contributed by atoms with Crippen LogP contribution < -0.4 is 21.1 Å². The number of rotatable bonds is 7. The van der Waals surface area contributed by atoms with Gasteiger partial charge in [-0.1, -0.05) is 11.6 Å². The molecule has 0 bridgehead atoms. The van der Waals surface area contributed by atoms with E-state index in [-0.39, 0.29) is 35.3 Å². The molecule has 1 aliphatic rings. The van der Waals surface area contributed by atoms with Crippen LogP contribution in [0.4, 0.5) is 4.39 Å². The number of carbonyl (C=O) groups excluding carboxylic acids is 4. The monoisotopic (exact) mass is 555 g/mol. The Bertz CT molecular complexity index is 1220. The molecule has 3 rings (SSSR count). The highest BCUT2D eigenvalue weighted by Gasteiger charge is 2.48. The maximum absolute atomic E-state index is 13.6. The number of esters is 1. The molecule has 0 saturated heterocycles. The van der Waals surface area contributed by atoms with E-state index in [9.17, 15) is 23.6 Å². The number of amides is 2. The molecule has 37 heavy (non-hydrogen) atoms. The van der Waals surface area contributed by atoms with Crippen molar-refractivity contribution in [3.63, 3.8) is 0 Å². The first-order valence-corrected chi connectivity index (χ1v) is 11.5. The molecule has 0 aromatic heterocycles. The lowest BCUT2D eigenvalue weighted by molar-refractivity contribution is -0.168. The van der Waals surface area contributed by atoms with Gasteiger partial charge in [-0.15, -0.1) is 12.4 Å². The topological polar surface area (TPSA) is 137 Å². The van der Waals surface area contributed by atoms with Gasteiger partial charge in [0.25, 0.3) is 5.91 Å². The summed E-state index contributed by atoms with van der Waals surface area (Å²) in [5, 5.41) is 5.00. The van der Waals surface area contributed by atoms with Crippen molar-refractivity contribution in [2.24, 2.45) is 5.73 Å². The van der Waals surface area contributed by atoms with Crippen LogP contribution in [0.15, 0.2) is 36.4 Å². The first-order chi connectivity index (χ1) is 16.8. The molecule has 2 aromatic rings. The number of hydrogen-bond donors (Lipinski definition) is 3. The van der Waals surface area contributed by atoms with Crippen LogP contribution in [0.2, 0.25) is 5.02 Å². The Hall–Kier alpha value is -3.21. The second-order valence-corrected chi connectivity index (χ2v) is 9.35. The molecule has 3 atom stereocenters. The molecule has 2 aromatic carbocycles. The summed E-state index contributed by atoms with van der Waals surface area (Å²) in [6.45, 7) is 5.86. The highest BCUT2D eigenvalue weighted by molar-refractivity contribution is 6.31. The van der Waals surface area contributed by atoms with E-state index in [2.05, 4.69) is 10.6 Å². The van der Waals surface area contributed by atoms with Crippen LogP contribution in [0.5, 0.6) is 5.75 Å². The molecular formula is C25H28Cl2FN3O6. The maximum Gasteiger partial charge on any atom is 0.328 e. The molecule has 0 fully saturated rings. The lowest BCUT2D eigenvalue weighted by atomic mass is 9.85. The smallest absolute Gasteiger partial charge is 0.328 e. The number of hydrogen-bond acceptors (Lipinski definition) is 7. The van der Waals surface area contributed by atoms with Crippen molar-refractivity contribution in [3.8, 4) is 5.75 Å². The number of benzene rings is 2. The van der Waals surface area contributed by atoms with E-state index < -0.39 is 47.4 Å². The molecule has 12 heteroatoms. The number of Topliss-reactive ketones (excluding diaryl/α,β-unsaturated/α-hetero) is 1. The standard InChI is InChI=1S/C25H27ClFN3O6.ClH/c1-12(29-20(32)11-28)24(34)35-22-21(30-23(33)15-5-7-18(27)17(26)10-15)16-9-14(13(2)31)6-8-19(16)36-25(22,3)4;/h5-10,12,21-22H,11,28H2,1-4H3,(H,29,32)(H,30,33);1H/t12-,21-,22-;/m0./s1. The minimum absolute atomic E-state index is 0. The number of halogens is 3. The maximum atomic E-state index is 13.6. The molecule has 0 spiro atoms. The van der Waals surface area contributed by atoms with E-state index in [4.69, 9.17) is 26.8 Å². The molecule has 1 aliphatic heterocycles. The Balaban J connectivity index is 0.00000481. The first kappa shape index (κ1) is 30.0. The number of nitrogens with two attached hydrogens (primary N) is 1. The van der Waals surface area contributed by atoms with E-state index in [1.54, 1.807) is 32.0 Å². The summed E-state index contributed by atoms with van der Waals surface area (Å²) in [6.07, 6.45) is -1.09. The minimum Gasteiger partial charge on any atom is -0.484 e. The lowest BCUT2D eigenvalue weighted by Crippen LogP contribution is -2.57. The molecule has 0 unspecified atom stereocenters. The SMILES string of the molecule is CC(=O)c1ccc2c(c1)[C@H](NC(=O)c1ccc(F)c(Cl)c1)[C@H](OC(=O)[C@H](C)NC(=O)CN)C(C)(C)O2.Cl. The fourth-order valence-electron chi connectivity index (χ4n) is 3.82. The third kappa shape index (κ3) is 6.76. The minimum atomic E-state index is -1.14. The zero-order valence-electron chi connectivity index (χ0n) is 20.6. The summed E-state index contributed by atoms with van der Waals surface area (Å²) in [5.74, 6) is -2.47. The summed E-state index contributed by atoms with van der Waals surface area (Å²) in [5.41, 5.74) is 4.99. The number of nitrogens with one attached hydrogen (secondary N) is 2. The largest absolute Gasteiger partial charge is 0.484 e. The van der Waals surface area contributed by atoms with Crippen LogP contribution in [0.25, 0.3) is 0 Å². The Labute approximate surface area is 224 Å². The third-order valence-corrected chi connectivity index (χ3v) is 6.03. The van der Waals surface area contributed by atoms with Crippen LogP contribution in [0.3, 0.4) is 0 Å². The molecule has 0 radical (unpaired) electrons. The number of fused-ring (bicyclic) bond motifs is 1. The second kappa shape index (κ2) is 11.9. The summed E-state index contributed by atoms with van der Waals surface area (Å²) in [4.78, 5) is 49.7. The van der Waals surface area contributed by atoms with E-state index in [0.717, 1.165) is 6.07 Å². The van der Waals surface area contributed by atoms with Gasteiger partial charge in [0.2, 0.25) is 5.91 Å². The molecule has 1 heterocycles. The van der Waals surface area contributed by atoms with Gasteiger partial charge in [-0.3, -0.25) is 14.4 Å². The van der Waals surface area contributed by atoms with Gasteiger partial charge < -0.3 is 25.8 Å². The predicted molar refractivity (Wildman–Crippen MR) is 137 cm³/mol. The molecule has 200 valence electrons. The van der Waals surface area contributed by atoms with E-state index in [0.29, 0.717) is 16.9 Å². The highest BCUT2D eigenvalue weighted by Crippen LogP contribution is 2.42. The van der Waals surface area contributed by atoms with E-state index in [1.165, 1.54) is 26.0 Å². The summed E-state index contributed by atoms with van der Waals surface area (Å²) < 4.78 is 25.5. The molecule has 0 saturated carbocycles. The lowest BCUT2D eigenvalue weighted by Gasteiger charge is -2.44. The summed E-state index contributed by atoms with van der Waals surface area (Å²) in [6, 6.07) is 6.24. The van der Waals surface area contributed by atoms with Gasteiger partial charge in [0.15, 0.2) is 11.9 Å². The van der Waals surface area contributed by atoms with Crippen LogP contribution in [-0.2, 0) is 14.3 Å². The van der Waals surface area contributed by atoms with Crippen LogP contribution >= 0.6 is 24.0 Å². The van der Waals surface area contributed by atoms with Crippen molar-refractivity contribution in [1.29, 1.82) is 0 Å². The Morgan fingerprint density at radius 3 is 2.41 bits per heavy atom. The molecule has 9 nitrogen and oxygen atoms in total. The van der Waals surface area contributed by atoms with Crippen LogP contribution in [0.1, 0.15) is 60.0 Å². The van der Waals surface area contributed by atoms with E-state index >= 15 is 0 Å². The molecule has 0 aliphatic carbocycles. The van der Waals surface area contributed by atoms with Gasteiger partial charge in [0.05, 0.1) is 17.6 Å². The normalized spacial score (nSPS) is 18.2. The zero-order valence-corrected chi connectivity index (χ0v) is 22.2. The van der Waals surface area contributed by atoms with Crippen molar-refractivity contribution in [1.82, 2.24) is 10.6 Å². The average molecular weight is 556 g/mol. The van der Waals surface area contributed by atoms with Gasteiger partial charge in [-0.05, 0) is 64.1 Å². The highest BCUT2D eigenvalue weighted by atomic mass is 35.5. The van der Waals surface area contributed by atoms with Gasteiger partial charge in [0.1, 0.15) is 23.2 Å². The van der Waals surface area contributed by atoms with Crippen LogP contribution in [-0.4, -0.2) is 47.9 Å².